The van der Waals surface area contributed by atoms with Crippen molar-refractivity contribution in [1.82, 2.24) is 10.2 Å². The van der Waals surface area contributed by atoms with Crippen LogP contribution in [0.2, 0.25) is 5.02 Å². The molecule has 1 aromatic carbocycles. The molecule has 1 heterocycles. The van der Waals surface area contributed by atoms with Crippen LogP contribution in [0, 0.1) is 5.92 Å². The summed E-state index contributed by atoms with van der Waals surface area (Å²) in [6.07, 6.45) is 3.75. The highest BCUT2D eigenvalue weighted by Gasteiger charge is 2.23. The fourth-order valence-corrected chi connectivity index (χ4v) is 3.36. The molecular weight excluding hydrogens is 268 g/mol. The number of hydrogen-bond donors (Lipinski definition) is 1. The lowest BCUT2D eigenvalue weighted by molar-refractivity contribution is 0.174. The summed E-state index contributed by atoms with van der Waals surface area (Å²) >= 11 is 5.93. The molecule has 1 aliphatic heterocycles. The molecule has 112 valence electrons. The molecule has 0 aromatic heterocycles. The minimum absolute atomic E-state index is 0.499. The maximum Gasteiger partial charge on any atom is 0.0406 e. The van der Waals surface area contributed by atoms with E-state index >= 15 is 0 Å². The number of nitrogens with one attached hydrogen (secondary N) is 1. The van der Waals surface area contributed by atoms with Gasteiger partial charge in [-0.15, -0.1) is 0 Å². The van der Waals surface area contributed by atoms with Gasteiger partial charge in [0.25, 0.3) is 0 Å². The molecule has 0 radical (unpaired) electrons. The van der Waals surface area contributed by atoms with Gasteiger partial charge in [-0.1, -0.05) is 23.7 Å². The molecule has 3 atom stereocenters. The summed E-state index contributed by atoms with van der Waals surface area (Å²) in [4.78, 5) is 2.45. The number of piperidine rings is 1. The van der Waals surface area contributed by atoms with Gasteiger partial charge in [-0.05, 0) is 70.3 Å². The van der Waals surface area contributed by atoms with Gasteiger partial charge in [0.05, 0.1) is 0 Å². The van der Waals surface area contributed by atoms with Crippen molar-refractivity contribution in [2.45, 2.75) is 45.2 Å². The topological polar surface area (TPSA) is 15.3 Å². The third kappa shape index (κ3) is 4.76. The van der Waals surface area contributed by atoms with Gasteiger partial charge in [-0.25, -0.2) is 0 Å². The van der Waals surface area contributed by atoms with E-state index in [2.05, 4.69) is 43.2 Å². The first-order valence-electron chi connectivity index (χ1n) is 7.73. The smallest absolute Gasteiger partial charge is 0.0406 e. The zero-order valence-corrected chi connectivity index (χ0v) is 13.7. The molecule has 20 heavy (non-hydrogen) atoms. The summed E-state index contributed by atoms with van der Waals surface area (Å²) in [5.74, 6) is 0.779. The molecule has 3 heteroatoms. The van der Waals surface area contributed by atoms with Gasteiger partial charge < -0.3 is 10.2 Å². The van der Waals surface area contributed by atoms with Crippen molar-refractivity contribution in [3.05, 3.63) is 34.9 Å². The summed E-state index contributed by atoms with van der Waals surface area (Å²) < 4.78 is 0. The van der Waals surface area contributed by atoms with Crippen molar-refractivity contribution >= 4 is 11.6 Å². The summed E-state index contributed by atoms with van der Waals surface area (Å²) in [5.41, 5.74) is 1.35. The summed E-state index contributed by atoms with van der Waals surface area (Å²) in [7, 11) is 2.23. The van der Waals surface area contributed by atoms with Crippen LogP contribution in [-0.4, -0.2) is 37.1 Å². The van der Waals surface area contributed by atoms with E-state index in [1.54, 1.807) is 0 Å². The summed E-state index contributed by atoms with van der Waals surface area (Å²) in [6.45, 7) is 7.09. The van der Waals surface area contributed by atoms with E-state index in [1.165, 1.54) is 31.5 Å². The molecule has 0 saturated carbocycles. The van der Waals surface area contributed by atoms with E-state index in [9.17, 15) is 0 Å². The van der Waals surface area contributed by atoms with Crippen LogP contribution in [0.25, 0.3) is 0 Å². The first-order chi connectivity index (χ1) is 9.54. The molecule has 1 fully saturated rings. The average molecular weight is 295 g/mol. The zero-order chi connectivity index (χ0) is 14.5. The molecule has 0 bridgehead atoms. The van der Waals surface area contributed by atoms with Gasteiger partial charge in [0.15, 0.2) is 0 Å². The Labute approximate surface area is 128 Å². The van der Waals surface area contributed by atoms with Crippen molar-refractivity contribution in [2.75, 3.05) is 20.1 Å². The maximum atomic E-state index is 5.93. The van der Waals surface area contributed by atoms with Gasteiger partial charge >= 0.3 is 0 Å². The molecule has 2 rings (SSSR count). The minimum atomic E-state index is 0.499. The molecule has 0 spiro atoms. The van der Waals surface area contributed by atoms with Gasteiger partial charge in [0.2, 0.25) is 0 Å². The molecule has 0 amide bonds. The van der Waals surface area contributed by atoms with Crippen LogP contribution in [0.4, 0.5) is 0 Å². The van der Waals surface area contributed by atoms with E-state index < -0.39 is 0 Å². The molecule has 2 nitrogen and oxygen atoms in total. The van der Waals surface area contributed by atoms with Crippen LogP contribution in [0.5, 0.6) is 0 Å². The maximum absolute atomic E-state index is 5.93. The molecule has 0 aliphatic carbocycles. The van der Waals surface area contributed by atoms with Gasteiger partial charge in [0.1, 0.15) is 0 Å². The number of nitrogens with zero attached hydrogens (tertiary/aromatic N) is 1. The average Bonchev–Trinajstić information content (AvgIpc) is 2.41. The number of likely N-dealkylation sites (tertiary alicyclic amines) is 1. The minimum Gasteiger partial charge on any atom is -0.311 e. The second-order valence-electron chi connectivity index (χ2n) is 6.35. The lowest BCUT2D eigenvalue weighted by Gasteiger charge is -2.35. The SMILES string of the molecule is CC(Cc1ccc(Cl)cc1)NC(C)C1CCCN(C)C1. The van der Waals surface area contributed by atoms with Crippen molar-refractivity contribution in [1.29, 1.82) is 0 Å². The highest BCUT2D eigenvalue weighted by atomic mass is 35.5. The highest BCUT2D eigenvalue weighted by Crippen LogP contribution is 2.19. The zero-order valence-electron chi connectivity index (χ0n) is 12.9. The van der Waals surface area contributed by atoms with Crippen LogP contribution < -0.4 is 5.32 Å². The van der Waals surface area contributed by atoms with Gasteiger partial charge in [0, 0.05) is 23.7 Å². The van der Waals surface area contributed by atoms with E-state index in [0.29, 0.717) is 12.1 Å². The first kappa shape index (κ1) is 15.8. The highest BCUT2D eigenvalue weighted by molar-refractivity contribution is 6.30. The second kappa shape index (κ2) is 7.44. The number of rotatable bonds is 5. The van der Waals surface area contributed by atoms with Crippen molar-refractivity contribution in [3.63, 3.8) is 0 Å². The van der Waals surface area contributed by atoms with Crippen LogP contribution in [-0.2, 0) is 6.42 Å². The van der Waals surface area contributed by atoms with E-state index in [4.69, 9.17) is 11.6 Å². The van der Waals surface area contributed by atoms with Crippen LogP contribution in [0.15, 0.2) is 24.3 Å². The Balaban J connectivity index is 1.81. The van der Waals surface area contributed by atoms with Crippen LogP contribution in [0.1, 0.15) is 32.3 Å². The summed E-state index contributed by atoms with van der Waals surface area (Å²) in [6, 6.07) is 9.28. The third-order valence-electron chi connectivity index (χ3n) is 4.37. The first-order valence-corrected chi connectivity index (χ1v) is 8.11. The van der Waals surface area contributed by atoms with Crippen molar-refractivity contribution < 1.29 is 0 Å². The van der Waals surface area contributed by atoms with Crippen LogP contribution >= 0.6 is 11.6 Å². The predicted molar refractivity (Wildman–Crippen MR) is 87.4 cm³/mol. The second-order valence-corrected chi connectivity index (χ2v) is 6.79. The molecule has 1 aromatic rings. The molecular formula is C17H27ClN2. The van der Waals surface area contributed by atoms with E-state index in [-0.39, 0.29) is 0 Å². The standard InChI is InChI=1S/C17H27ClN2/c1-13(11-15-6-8-17(18)9-7-15)19-14(2)16-5-4-10-20(3)12-16/h6-9,13-14,16,19H,4-5,10-12H2,1-3H3. The third-order valence-corrected chi connectivity index (χ3v) is 4.62. The number of hydrogen-bond acceptors (Lipinski definition) is 2. The number of benzene rings is 1. The quantitative estimate of drug-likeness (QED) is 0.893. The van der Waals surface area contributed by atoms with Gasteiger partial charge in [-0.2, -0.15) is 0 Å². The predicted octanol–water partition coefficient (Wildman–Crippen LogP) is 3.59. The fourth-order valence-electron chi connectivity index (χ4n) is 3.23. The van der Waals surface area contributed by atoms with Gasteiger partial charge in [-0.3, -0.25) is 0 Å². The Hall–Kier alpha value is -0.570. The molecule has 1 saturated heterocycles. The van der Waals surface area contributed by atoms with Crippen molar-refractivity contribution in [3.8, 4) is 0 Å². The number of halogens is 1. The normalized spacial score (nSPS) is 23.5. The Morgan fingerprint density at radius 1 is 1.30 bits per heavy atom. The van der Waals surface area contributed by atoms with Crippen molar-refractivity contribution in [2.24, 2.45) is 5.92 Å². The summed E-state index contributed by atoms with van der Waals surface area (Å²) in [5, 5.41) is 4.59. The van der Waals surface area contributed by atoms with E-state index in [1.807, 2.05) is 12.1 Å². The monoisotopic (exact) mass is 294 g/mol. The Morgan fingerprint density at radius 2 is 2.00 bits per heavy atom. The Bertz CT molecular complexity index is 404. The molecule has 1 N–H and O–H groups in total. The molecule has 3 unspecified atom stereocenters. The lowest BCUT2D eigenvalue weighted by atomic mass is 9.91. The Morgan fingerprint density at radius 3 is 2.65 bits per heavy atom. The molecule has 1 aliphatic rings. The Kier molecular flexibility index (Phi) is 5.88. The van der Waals surface area contributed by atoms with E-state index in [0.717, 1.165) is 17.4 Å². The lowest BCUT2D eigenvalue weighted by Crippen LogP contribution is -2.46. The van der Waals surface area contributed by atoms with Crippen LogP contribution in [0.3, 0.4) is 0 Å². The largest absolute Gasteiger partial charge is 0.311 e. The fraction of sp³-hybridized carbons (Fsp3) is 0.647.